The number of rotatable bonds is 4. The molecular formula is C14H15F4NO2. The summed E-state index contributed by atoms with van der Waals surface area (Å²) in [4.78, 5) is 12.5. The smallest absolute Gasteiger partial charge is 0.419 e. The van der Waals surface area contributed by atoms with Crippen LogP contribution in [0.2, 0.25) is 0 Å². The molecule has 7 heteroatoms. The molecule has 1 aliphatic heterocycles. The second-order valence-corrected chi connectivity index (χ2v) is 5.30. The molecule has 1 fully saturated rings. The Morgan fingerprint density at radius 2 is 2.10 bits per heavy atom. The minimum atomic E-state index is -4.71. The van der Waals surface area contributed by atoms with Crippen LogP contribution in [0.1, 0.15) is 24.0 Å². The first-order valence-electron chi connectivity index (χ1n) is 6.55. The van der Waals surface area contributed by atoms with Gasteiger partial charge in [0, 0.05) is 19.5 Å². The Balaban J connectivity index is 2.03. The zero-order chi connectivity index (χ0) is 15.6. The van der Waals surface area contributed by atoms with Crippen LogP contribution in [0, 0.1) is 11.7 Å². The molecule has 0 radical (unpaired) electrons. The van der Waals surface area contributed by atoms with E-state index in [1.54, 1.807) is 0 Å². The lowest BCUT2D eigenvalue weighted by Gasteiger charge is -2.17. The van der Waals surface area contributed by atoms with E-state index in [9.17, 15) is 22.4 Å². The second-order valence-electron chi connectivity index (χ2n) is 5.30. The maximum Gasteiger partial charge on any atom is 0.419 e. The van der Waals surface area contributed by atoms with Gasteiger partial charge in [-0.1, -0.05) is 6.07 Å². The van der Waals surface area contributed by atoms with Crippen LogP contribution in [0.25, 0.3) is 0 Å². The molecule has 0 aliphatic carbocycles. The van der Waals surface area contributed by atoms with E-state index in [2.05, 4.69) is 0 Å². The van der Waals surface area contributed by atoms with Crippen molar-refractivity contribution >= 4 is 5.97 Å². The minimum absolute atomic E-state index is 0.0186. The van der Waals surface area contributed by atoms with Gasteiger partial charge in [-0.3, -0.25) is 9.69 Å². The molecule has 1 atom stereocenters. The SMILES string of the molecule is O=C(O)CC1CCN(Cc2ccc(F)c(C(F)(F)F)c2)C1. The highest BCUT2D eigenvalue weighted by molar-refractivity contribution is 5.67. The van der Waals surface area contributed by atoms with E-state index >= 15 is 0 Å². The van der Waals surface area contributed by atoms with Crippen LogP contribution >= 0.6 is 0 Å². The number of carboxylic acid groups (broad SMARTS) is 1. The summed E-state index contributed by atoms with van der Waals surface area (Å²) in [5.41, 5.74) is -0.888. The molecule has 21 heavy (non-hydrogen) atoms. The fourth-order valence-electron chi connectivity index (χ4n) is 2.62. The third-order valence-corrected chi connectivity index (χ3v) is 3.58. The molecule has 0 bridgehead atoms. The van der Waals surface area contributed by atoms with Crippen molar-refractivity contribution in [2.75, 3.05) is 13.1 Å². The second kappa shape index (κ2) is 6.01. The Morgan fingerprint density at radius 3 is 2.71 bits per heavy atom. The van der Waals surface area contributed by atoms with E-state index in [4.69, 9.17) is 5.11 Å². The van der Waals surface area contributed by atoms with Crippen molar-refractivity contribution in [3.05, 3.63) is 35.1 Å². The van der Waals surface area contributed by atoms with Gasteiger partial charge in [0.2, 0.25) is 0 Å². The fraction of sp³-hybridized carbons (Fsp3) is 0.500. The largest absolute Gasteiger partial charge is 0.481 e. The van der Waals surface area contributed by atoms with E-state index in [1.165, 1.54) is 6.07 Å². The van der Waals surface area contributed by atoms with E-state index in [1.807, 2.05) is 4.90 Å². The van der Waals surface area contributed by atoms with Crippen LogP contribution in [0.15, 0.2) is 18.2 Å². The summed E-state index contributed by atoms with van der Waals surface area (Å²) in [6.07, 6.45) is -3.94. The number of likely N-dealkylation sites (tertiary alicyclic amines) is 1. The lowest BCUT2D eigenvalue weighted by atomic mass is 10.1. The van der Waals surface area contributed by atoms with E-state index in [0.717, 1.165) is 12.1 Å². The van der Waals surface area contributed by atoms with Gasteiger partial charge in [-0.25, -0.2) is 4.39 Å². The monoisotopic (exact) mass is 305 g/mol. The maximum absolute atomic E-state index is 13.2. The Bertz CT molecular complexity index is 530. The molecule has 0 aromatic heterocycles. The molecule has 116 valence electrons. The molecule has 1 unspecified atom stereocenters. The van der Waals surface area contributed by atoms with Crippen LogP contribution in [0.5, 0.6) is 0 Å². The van der Waals surface area contributed by atoms with Crippen LogP contribution in [-0.4, -0.2) is 29.1 Å². The Labute approximate surface area is 119 Å². The highest BCUT2D eigenvalue weighted by Crippen LogP contribution is 2.32. The first-order valence-corrected chi connectivity index (χ1v) is 6.55. The number of hydrogen-bond acceptors (Lipinski definition) is 2. The maximum atomic E-state index is 13.2. The van der Waals surface area contributed by atoms with Crippen molar-refractivity contribution in [2.24, 2.45) is 5.92 Å². The van der Waals surface area contributed by atoms with Gasteiger partial charge in [0.05, 0.1) is 5.56 Å². The number of halogens is 4. The average Bonchev–Trinajstić information content (AvgIpc) is 2.76. The molecule has 1 saturated heterocycles. The van der Waals surface area contributed by atoms with Crippen molar-refractivity contribution in [2.45, 2.75) is 25.6 Å². The summed E-state index contributed by atoms with van der Waals surface area (Å²) in [6, 6.07) is 2.97. The van der Waals surface area contributed by atoms with Gasteiger partial charge in [-0.2, -0.15) is 13.2 Å². The number of carbonyl (C=O) groups is 1. The number of carboxylic acids is 1. The lowest BCUT2D eigenvalue weighted by molar-refractivity contribution is -0.140. The Morgan fingerprint density at radius 1 is 1.38 bits per heavy atom. The predicted molar refractivity (Wildman–Crippen MR) is 67.0 cm³/mol. The summed E-state index contributed by atoms with van der Waals surface area (Å²) >= 11 is 0. The van der Waals surface area contributed by atoms with Crippen molar-refractivity contribution in [3.63, 3.8) is 0 Å². The standard InChI is InChI=1S/C14H15F4NO2/c15-12-2-1-9(5-11(12)14(16,17)18)7-19-4-3-10(8-19)6-13(20)21/h1-2,5,10H,3-4,6-8H2,(H,20,21). The average molecular weight is 305 g/mol. The van der Waals surface area contributed by atoms with Crippen molar-refractivity contribution in [1.82, 2.24) is 4.90 Å². The van der Waals surface area contributed by atoms with Gasteiger partial charge in [-0.05, 0) is 36.6 Å². The van der Waals surface area contributed by atoms with Gasteiger partial charge in [0.25, 0.3) is 0 Å². The molecule has 2 rings (SSSR count). The first kappa shape index (κ1) is 15.8. The Hall–Kier alpha value is -1.63. The molecular weight excluding hydrogens is 290 g/mol. The highest BCUT2D eigenvalue weighted by atomic mass is 19.4. The molecule has 1 aromatic carbocycles. The zero-order valence-electron chi connectivity index (χ0n) is 11.2. The lowest BCUT2D eigenvalue weighted by Crippen LogP contribution is -2.21. The van der Waals surface area contributed by atoms with Gasteiger partial charge in [-0.15, -0.1) is 0 Å². The van der Waals surface area contributed by atoms with Crippen molar-refractivity contribution in [1.29, 1.82) is 0 Å². The summed E-state index contributed by atoms with van der Waals surface area (Å²) in [5, 5.41) is 8.72. The number of nitrogens with zero attached hydrogens (tertiary/aromatic N) is 1. The molecule has 1 aliphatic rings. The van der Waals surface area contributed by atoms with Gasteiger partial charge < -0.3 is 5.11 Å². The third-order valence-electron chi connectivity index (χ3n) is 3.58. The zero-order valence-corrected chi connectivity index (χ0v) is 11.2. The minimum Gasteiger partial charge on any atom is -0.481 e. The molecule has 3 nitrogen and oxygen atoms in total. The van der Waals surface area contributed by atoms with Gasteiger partial charge >= 0.3 is 12.1 Å². The fourth-order valence-corrected chi connectivity index (χ4v) is 2.62. The van der Waals surface area contributed by atoms with Crippen LogP contribution in [0.4, 0.5) is 17.6 Å². The number of alkyl halides is 3. The van der Waals surface area contributed by atoms with E-state index in [-0.39, 0.29) is 18.9 Å². The molecule has 1 aromatic rings. The Kier molecular flexibility index (Phi) is 4.51. The summed E-state index contributed by atoms with van der Waals surface area (Å²) in [5.74, 6) is -2.13. The quantitative estimate of drug-likeness (QED) is 0.869. The predicted octanol–water partition coefficient (Wildman–Crippen LogP) is 3.14. The van der Waals surface area contributed by atoms with Gasteiger partial charge in [0.1, 0.15) is 5.82 Å². The van der Waals surface area contributed by atoms with E-state index in [0.29, 0.717) is 25.1 Å². The highest BCUT2D eigenvalue weighted by Gasteiger charge is 2.34. The number of aliphatic carboxylic acids is 1. The van der Waals surface area contributed by atoms with Crippen LogP contribution in [-0.2, 0) is 17.5 Å². The summed E-state index contributed by atoms with van der Waals surface area (Å²) in [6.45, 7) is 1.43. The molecule has 0 saturated carbocycles. The van der Waals surface area contributed by atoms with Crippen molar-refractivity contribution < 1.29 is 27.5 Å². The number of benzene rings is 1. The van der Waals surface area contributed by atoms with Crippen molar-refractivity contribution in [3.8, 4) is 0 Å². The number of hydrogen-bond donors (Lipinski definition) is 1. The molecule has 1 heterocycles. The third kappa shape index (κ3) is 4.17. The first-order chi connectivity index (χ1) is 9.75. The normalized spacial score (nSPS) is 19.9. The van der Waals surface area contributed by atoms with Crippen LogP contribution in [0.3, 0.4) is 0 Å². The van der Waals surface area contributed by atoms with Crippen LogP contribution < -0.4 is 0 Å². The summed E-state index contributed by atoms with van der Waals surface area (Å²) < 4.78 is 51.1. The van der Waals surface area contributed by atoms with E-state index < -0.39 is 23.5 Å². The summed E-state index contributed by atoms with van der Waals surface area (Å²) in [7, 11) is 0. The van der Waals surface area contributed by atoms with Gasteiger partial charge in [0.15, 0.2) is 0 Å². The molecule has 1 N–H and O–H groups in total. The topological polar surface area (TPSA) is 40.5 Å². The molecule has 0 amide bonds. The molecule has 0 spiro atoms.